The lowest BCUT2D eigenvalue weighted by molar-refractivity contribution is -0.130. The Hall–Kier alpha value is -2.50. The van der Waals surface area contributed by atoms with Crippen molar-refractivity contribution in [2.24, 2.45) is 0 Å². The Morgan fingerprint density at radius 3 is 2.42 bits per heavy atom. The zero-order chi connectivity index (χ0) is 17.5. The van der Waals surface area contributed by atoms with E-state index in [1.807, 2.05) is 12.1 Å². The van der Waals surface area contributed by atoms with Crippen molar-refractivity contribution in [1.82, 2.24) is 9.80 Å². The maximum Gasteiger partial charge on any atom is 0.246 e. The Bertz CT molecular complexity index is 627. The van der Waals surface area contributed by atoms with E-state index in [-0.39, 0.29) is 11.8 Å². The third-order valence-corrected chi connectivity index (χ3v) is 4.10. The molecule has 0 aliphatic carbocycles. The fourth-order valence-electron chi connectivity index (χ4n) is 2.68. The Kier molecular flexibility index (Phi) is 6.23. The third-order valence-electron chi connectivity index (χ3n) is 4.10. The molecule has 0 N–H and O–H groups in total. The highest BCUT2D eigenvalue weighted by Crippen LogP contribution is 2.25. The van der Waals surface area contributed by atoms with Gasteiger partial charge in [-0.3, -0.25) is 9.59 Å². The predicted octanol–water partition coefficient (Wildman–Crippen LogP) is 1.80. The zero-order valence-corrected chi connectivity index (χ0v) is 14.4. The number of amides is 2. The van der Waals surface area contributed by atoms with Crippen LogP contribution in [-0.4, -0.2) is 62.0 Å². The van der Waals surface area contributed by atoms with Crippen LogP contribution >= 0.6 is 0 Å². The van der Waals surface area contributed by atoms with Gasteiger partial charge in [-0.05, 0) is 24.6 Å². The van der Waals surface area contributed by atoms with Gasteiger partial charge in [0, 0.05) is 50.8 Å². The van der Waals surface area contributed by atoms with Crippen LogP contribution in [0.4, 0.5) is 0 Å². The minimum atomic E-state index is -0.0572. The van der Waals surface area contributed by atoms with Gasteiger partial charge in [0.2, 0.25) is 11.8 Å². The summed E-state index contributed by atoms with van der Waals surface area (Å²) in [7, 11) is 3.18. The first-order chi connectivity index (χ1) is 11.5. The van der Waals surface area contributed by atoms with Crippen LogP contribution in [0.15, 0.2) is 24.3 Å². The van der Waals surface area contributed by atoms with Crippen molar-refractivity contribution in [2.45, 2.75) is 13.3 Å². The van der Waals surface area contributed by atoms with Crippen LogP contribution in [-0.2, 0) is 9.59 Å². The molecular formula is C18H24N2O4. The highest BCUT2D eigenvalue weighted by Gasteiger charge is 2.18. The van der Waals surface area contributed by atoms with E-state index in [0.29, 0.717) is 37.7 Å². The molecule has 2 rings (SSSR count). The van der Waals surface area contributed by atoms with Gasteiger partial charge >= 0.3 is 0 Å². The van der Waals surface area contributed by atoms with Crippen LogP contribution in [0, 0.1) is 0 Å². The number of nitrogens with zero attached hydrogens (tertiary/aromatic N) is 2. The lowest BCUT2D eigenvalue weighted by atomic mass is 10.1. The van der Waals surface area contributed by atoms with Gasteiger partial charge in [0.25, 0.3) is 0 Å². The molecule has 0 spiro atoms. The van der Waals surface area contributed by atoms with Crippen molar-refractivity contribution in [2.75, 3.05) is 40.4 Å². The summed E-state index contributed by atoms with van der Waals surface area (Å²) >= 11 is 0. The lowest BCUT2D eigenvalue weighted by Gasteiger charge is -2.20. The largest absolute Gasteiger partial charge is 0.497 e. The second kappa shape index (κ2) is 8.38. The van der Waals surface area contributed by atoms with Crippen molar-refractivity contribution in [3.8, 4) is 11.5 Å². The summed E-state index contributed by atoms with van der Waals surface area (Å²) in [4.78, 5) is 27.4. The predicted molar refractivity (Wildman–Crippen MR) is 92.0 cm³/mol. The van der Waals surface area contributed by atoms with Gasteiger partial charge in [-0.25, -0.2) is 0 Å². The molecule has 1 aromatic rings. The van der Waals surface area contributed by atoms with Crippen molar-refractivity contribution >= 4 is 17.9 Å². The van der Waals surface area contributed by atoms with E-state index in [9.17, 15) is 9.59 Å². The van der Waals surface area contributed by atoms with Crippen LogP contribution in [0.1, 0.15) is 18.9 Å². The molecular weight excluding hydrogens is 308 g/mol. The first-order valence-corrected chi connectivity index (χ1v) is 7.99. The van der Waals surface area contributed by atoms with Crippen LogP contribution in [0.25, 0.3) is 6.08 Å². The van der Waals surface area contributed by atoms with Gasteiger partial charge in [-0.15, -0.1) is 0 Å². The average Bonchev–Trinajstić information content (AvgIpc) is 2.85. The zero-order valence-electron chi connectivity index (χ0n) is 14.4. The minimum Gasteiger partial charge on any atom is -0.497 e. The average molecular weight is 332 g/mol. The highest BCUT2D eigenvalue weighted by atomic mass is 16.5. The van der Waals surface area contributed by atoms with Gasteiger partial charge < -0.3 is 19.3 Å². The number of hydrogen-bond acceptors (Lipinski definition) is 4. The van der Waals surface area contributed by atoms with Gasteiger partial charge in [0.05, 0.1) is 14.2 Å². The monoisotopic (exact) mass is 332 g/mol. The number of benzene rings is 1. The van der Waals surface area contributed by atoms with E-state index >= 15 is 0 Å². The number of carbonyl (C=O) groups is 2. The quantitative estimate of drug-likeness (QED) is 0.789. The van der Waals surface area contributed by atoms with Crippen molar-refractivity contribution in [3.63, 3.8) is 0 Å². The van der Waals surface area contributed by atoms with Crippen LogP contribution in [0.2, 0.25) is 0 Å². The van der Waals surface area contributed by atoms with Crippen molar-refractivity contribution < 1.29 is 19.1 Å². The molecule has 0 atom stereocenters. The van der Waals surface area contributed by atoms with E-state index in [4.69, 9.17) is 9.47 Å². The van der Waals surface area contributed by atoms with Crippen LogP contribution in [0.3, 0.4) is 0 Å². The molecule has 6 nitrogen and oxygen atoms in total. The lowest BCUT2D eigenvalue weighted by Crippen LogP contribution is -2.35. The topological polar surface area (TPSA) is 59.1 Å². The summed E-state index contributed by atoms with van der Waals surface area (Å²) < 4.78 is 10.5. The molecule has 1 saturated heterocycles. The fourth-order valence-corrected chi connectivity index (χ4v) is 2.68. The molecule has 1 aliphatic rings. The van der Waals surface area contributed by atoms with Gasteiger partial charge in [0.1, 0.15) is 11.5 Å². The molecule has 1 fully saturated rings. The second-order valence-corrected chi connectivity index (χ2v) is 5.63. The SMILES string of the molecule is COc1ccc(/C=C/C(=O)N2CCCN(C(C)=O)CC2)c(OC)c1. The third kappa shape index (κ3) is 4.50. The second-order valence-electron chi connectivity index (χ2n) is 5.63. The molecule has 0 radical (unpaired) electrons. The Balaban J connectivity index is 2.03. The summed E-state index contributed by atoms with van der Waals surface area (Å²) in [6.45, 7) is 4.07. The molecule has 0 aromatic heterocycles. The van der Waals surface area contributed by atoms with E-state index in [2.05, 4.69) is 0 Å². The number of carbonyl (C=O) groups excluding carboxylic acids is 2. The molecule has 1 aliphatic heterocycles. The molecule has 6 heteroatoms. The number of rotatable bonds is 4. The highest BCUT2D eigenvalue weighted by molar-refractivity contribution is 5.92. The molecule has 1 heterocycles. The first-order valence-electron chi connectivity index (χ1n) is 7.99. The summed E-state index contributed by atoms with van der Waals surface area (Å²) in [5.74, 6) is 1.35. The van der Waals surface area contributed by atoms with E-state index in [0.717, 1.165) is 12.0 Å². The van der Waals surface area contributed by atoms with Gasteiger partial charge in [-0.1, -0.05) is 0 Å². The molecule has 24 heavy (non-hydrogen) atoms. The molecule has 0 unspecified atom stereocenters. The Labute approximate surface area is 142 Å². The van der Waals surface area contributed by atoms with Gasteiger partial charge in [0.15, 0.2) is 0 Å². The Morgan fingerprint density at radius 2 is 1.75 bits per heavy atom. The van der Waals surface area contributed by atoms with Gasteiger partial charge in [-0.2, -0.15) is 0 Å². The smallest absolute Gasteiger partial charge is 0.246 e. The molecule has 2 amide bonds. The van der Waals surface area contributed by atoms with E-state index in [1.54, 1.807) is 49.2 Å². The maximum atomic E-state index is 12.4. The molecule has 0 saturated carbocycles. The van der Waals surface area contributed by atoms with Crippen molar-refractivity contribution in [1.29, 1.82) is 0 Å². The first kappa shape index (κ1) is 17.8. The summed E-state index contributed by atoms with van der Waals surface area (Å²) in [6.07, 6.45) is 4.09. The normalized spacial score (nSPS) is 15.3. The maximum absolute atomic E-state index is 12.4. The van der Waals surface area contributed by atoms with E-state index in [1.165, 1.54) is 0 Å². The molecule has 0 bridgehead atoms. The van der Waals surface area contributed by atoms with E-state index < -0.39 is 0 Å². The number of ether oxygens (including phenoxy) is 2. The Morgan fingerprint density at radius 1 is 1.04 bits per heavy atom. The molecule has 130 valence electrons. The molecule has 1 aromatic carbocycles. The standard InChI is InChI=1S/C18H24N2O4/c1-14(21)19-9-4-10-20(12-11-19)18(22)8-6-15-5-7-16(23-2)13-17(15)24-3/h5-8,13H,4,9-12H2,1-3H3/b8-6+. The van der Waals surface area contributed by atoms with Crippen molar-refractivity contribution in [3.05, 3.63) is 29.8 Å². The summed E-state index contributed by atoms with van der Waals surface area (Å²) in [5.41, 5.74) is 0.812. The van der Waals surface area contributed by atoms with Crippen LogP contribution in [0.5, 0.6) is 11.5 Å². The van der Waals surface area contributed by atoms with Crippen LogP contribution < -0.4 is 9.47 Å². The summed E-state index contributed by atoms with van der Waals surface area (Å²) in [6, 6.07) is 5.45. The summed E-state index contributed by atoms with van der Waals surface area (Å²) in [5, 5.41) is 0. The number of methoxy groups -OCH3 is 2. The fraction of sp³-hybridized carbons (Fsp3) is 0.444. The minimum absolute atomic E-state index is 0.0572. The number of hydrogen-bond donors (Lipinski definition) is 0.